The fourth-order valence-corrected chi connectivity index (χ4v) is 2.50. The molecule has 0 unspecified atom stereocenters. The van der Waals surface area contributed by atoms with Gasteiger partial charge in [-0.2, -0.15) is 5.10 Å². The number of hydrogen-bond donors (Lipinski definition) is 2. The van der Waals surface area contributed by atoms with E-state index < -0.39 is 5.91 Å². The van der Waals surface area contributed by atoms with Crippen LogP contribution in [0.2, 0.25) is 0 Å². The molecule has 0 bridgehead atoms. The van der Waals surface area contributed by atoms with E-state index in [1.807, 2.05) is 23.6 Å². The van der Waals surface area contributed by atoms with Crippen molar-refractivity contribution in [1.29, 1.82) is 0 Å². The minimum Gasteiger partial charge on any atom is -0.364 e. The quantitative estimate of drug-likeness (QED) is 0.653. The average Bonchev–Trinajstić information content (AvgIpc) is 2.82. The summed E-state index contributed by atoms with van der Waals surface area (Å²) in [6.07, 6.45) is 0. The molecule has 1 aromatic carbocycles. The number of amides is 1. The van der Waals surface area contributed by atoms with Gasteiger partial charge in [-0.3, -0.25) is 9.89 Å². The lowest BCUT2D eigenvalue weighted by Crippen LogP contribution is -2.11. The summed E-state index contributed by atoms with van der Waals surface area (Å²) < 4.78 is 1.16. The van der Waals surface area contributed by atoms with Gasteiger partial charge in [-0.1, -0.05) is 0 Å². The van der Waals surface area contributed by atoms with Gasteiger partial charge in [-0.15, -0.1) is 11.3 Å². The van der Waals surface area contributed by atoms with Crippen molar-refractivity contribution in [2.75, 3.05) is 0 Å². The Morgan fingerprint density at radius 2 is 2.20 bits per heavy atom. The first-order chi connectivity index (χ1) is 7.27. The van der Waals surface area contributed by atoms with Crippen LogP contribution >= 0.6 is 11.3 Å². The normalized spacial score (nSPS) is 11.2. The number of primary amides is 1. The summed E-state index contributed by atoms with van der Waals surface area (Å²) in [6, 6.07) is 5.84. The molecule has 0 aliphatic carbocycles. The molecule has 2 heterocycles. The Morgan fingerprint density at radius 3 is 3.00 bits per heavy atom. The van der Waals surface area contributed by atoms with Gasteiger partial charge in [0.25, 0.3) is 5.91 Å². The molecule has 0 fully saturated rings. The molecule has 0 spiro atoms. The SMILES string of the molecule is NC(=O)c1[nH]nc2c1ccc1sccc12. The Kier molecular flexibility index (Phi) is 1.58. The van der Waals surface area contributed by atoms with Gasteiger partial charge < -0.3 is 5.73 Å². The first-order valence-electron chi connectivity index (χ1n) is 4.41. The van der Waals surface area contributed by atoms with Gasteiger partial charge in [-0.05, 0) is 23.6 Å². The van der Waals surface area contributed by atoms with E-state index in [1.54, 1.807) is 11.3 Å². The lowest BCUT2D eigenvalue weighted by atomic mass is 10.1. The van der Waals surface area contributed by atoms with Crippen LogP contribution in [-0.4, -0.2) is 16.1 Å². The number of carbonyl (C=O) groups excluding carboxylic acids is 1. The van der Waals surface area contributed by atoms with Crippen molar-refractivity contribution in [3.63, 3.8) is 0 Å². The Hall–Kier alpha value is -1.88. The smallest absolute Gasteiger partial charge is 0.267 e. The largest absolute Gasteiger partial charge is 0.364 e. The van der Waals surface area contributed by atoms with Crippen LogP contribution < -0.4 is 5.73 Å². The number of aromatic nitrogens is 2. The monoisotopic (exact) mass is 217 g/mol. The van der Waals surface area contributed by atoms with Crippen LogP contribution in [0.25, 0.3) is 21.0 Å². The molecule has 3 rings (SSSR count). The van der Waals surface area contributed by atoms with E-state index in [4.69, 9.17) is 5.73 Å². The molecule has 1 amide bonds. The van der Waals surface area contributed by atoms with Crippen LogP contribution in [0, 0.1) is 0 Å². The zero-order valence-corrected chi connectivity index (χ0v) is 8.47. The Morgan fingerprint density at radius 1 is 1.33 bits per heavy atom. The maximum Gasteiger partial charge on any atom is 0.267 e. The third-order valence-electron chi connectivity index (χ3n) is 2.40. The van der Waals surface area contributed by atoms with E-state index in [-0.39, 0.29) is 0 Å². The molecule has 0 aliphatic rings. The number of nitrogens with one attached hydrogen (secondary N) is 1. The fraction of sp³-hybridized carbons (Fsp3) is 0. The zero-order chi connectivity index (χ0) is 10.4. The molecule has 3 aromatic rings. The van der Waals surface area contributed by atoms with E-state index >= 15 is 0 Å². The average molecular weight is 217 g/mol. The standard InChI is InChI=1S/C10H7N3OS/c11-10(14)9-6-1-2-7-5(3-4-15-7)8(6)12-13-9/h1-4H,(H2,11,14)(H,12,13). The minimum atomic E-state index is -0.480. The Labute approximate surface area is 88.7 Å². The van der Waals surface area contributed by atoms with Crippen molar-refractivity contribution in [2.45, 2.75) is 0 Å². The molecule has 4 nitrogen and oxygen atoms in total. The molecule has 3 N–H and O–H groups in total. The van der Waals surface area contributed by atoms with Crippen LogP contribution in [0.4, 0.5) is 0 Å². The molecular weight excluding hydrogens is 210 g/mol. The second-order valence-electron chi connectivity index (χ2n) is 3.26. The van der Waals surface area contributed by atoms with E-state index in [2.05, 4.69) is 10.2 Å². The summed E-state index contributed by atoms with van der Waals surface area (Å²) in [4.78, 5) is 11.1. The summed E-state index contributed by atoms with van der Waals surface area (Å²) in [5.41, 5.74) is 6.42. The van der Waals surface area contributed by atoms with Gasteiger partial charge in [0, 0.05) is 15.5 Å². The molecule has 0 atom stereocenters. The minimum absolute atomic E-state index is 0.373. The van der Waals surface area contributed by atoms with Crippen molar-refractivity contribution in [3.05, 3.63) is 29.3 Å². The Balaban J connectivity index is 2.51. The maximum atomic E-state index is 11.1. The van der Waals surface area contributed by atoms with Gasteiger partial charge in [0.15, 0.2) is 0 Å². The number of nitrogens with two attached hydrogens (primary N) is 1. The molecule has 0 aliphatic heterocycles. The van der Waals surface area contributed by atoms with Crippen LogP contribution in [-0.2, 0) is 0 Å². The number of thiophene rings is 1. The van der Waals surface area contributed by atoms with Crippen molar-refractivity contribution in [2.24, 2.45) is 5.73 Å². The van der Waals surface area contributed by atoms with Gasteiger partial charge in [0.2, 0.25) is 0 Å². The third-order valence-corrected chi connectivity index (χ3v) is 3.28. The summed E-state index contributed by atoms with van der Waals surface area (Å²) in [5, 5.41) is 10.6. The van der Waals surface area contributed by atoms with E-state index in [0.29, 0.717) is 5.69 Å². The highest BCUT2D eigenvalue weighted by Crippen LogP contribution is 2.28. The van der Waals surface area contributed by atoms with Crippen LogP contribution in [0.15, 0.2) is 23.6 Å². The summed E-state index contributed by atoms with van der Waals surface area (Å²) in [7, 11) is 0. The van der Waals surface area contributed by atoms with Crippen molar-refractivity contribution >= 4 is 38.2 Å². The van der Waals surface area contributed by atoms with Crippen molar-refractivity contribution in [1.82, 2.24) is 10.2 Å². The number of nitrogens with zero attached hydrogens (tertiary/aromatic N) is 1. The van der Waals surface area contributed by atoms with Crippen molar-refractivity contribution in [3.8, 4) is 0 Å². The second kappa shape index (κ2) is 2.80. The first-order valence-corrected chi connectivity index (χ1v) is 5.29. The van der Waals surface area contributed by atoms with Gasteiger partial charge >= 0.3 is 0 Å². The van der Waals surface area contributed by atoms with Gasteiger partial charge in [-0.25, -0.2) is 0 Å². The molecule has 0 radical (unpaired) electrons. The van der Waals surface area contributed by atoms with E-state index in [0.717, 1.165) is 21.0 Å². The molecule has 15 heavy (non-hydrogen) atoms. The fourth-order valence-electron chi connectivity index (χ4n) is 1.71. The first kappa shape index (κ1) is 8.43. The number of carbonyl (C=O) groups is 1. The molecule has 0 saturated carbocycles. The number of aromatic amines is 1. The highest BCUT2D eigenvalue weighted by molar-refractivity contribution is 7.17. The summed E-state index contributed by atoms with van der Waals surface area (Å²) >= 11 is 1.65. The van der Waals surface area contributed by atoms with Crippen molar-refractivity contribution < 1.29 is 4.79 Å². The number of benzene rings is 1. The van der Waals surface area contributed by atoms with Gasteiger partial charge in [0.1, 0.15) is 11.2 Å². The van der Waals surface area contributed by atoms with E-state index in [9.17, 15) is 4.79 Å². The number of hydrogen-bond acceptors (Lipinski definition) is 3. The van der Waals surface area contributed by atoms with Gasteiger partial charge in [0.05, 0.1) is 0 Å². The predicted octanol–water partition coefficient (Wildman–Crippen LogP) is 1.88. The maximum absolute atomic E-state index is 11.1. The zero-order valence-electron chi connectivity index (χ0n) is 7.65. The topological polar surface area (TPSA) is 71.8 Å². The van der Waals surface area contributed by atoms with Crippen LogP contribution in [0.1, 0.15) is 10.5 Å². The highest BCUT2D eigenvalue weighted by atomic mass is 32.1. The lowest BCUT2D eigenvalue weighted by Gasteiger charge is -1.92. The molecular formula is C10H7N3OS. The summed E-state index contributed by atoms with van der Waals surface area (Å²) in [6.45, 7) is 0. The lowest BCUT2D eigenvalue weighted by molar-refractivity contribution is 0.0997. The molecule has 0 saturated heterocycles. The number of rotatable bonds is 1. The second-order valence-corrected chi connectivity index (χ2v) is 4.20. The molecule has 2 aromatic heterocycles. The molecule has 5 heteroatoms. The number of fused-ring (bicyclic) bond motifs is 3. The van der Waals surface area contributed by atoms with Crippen LogP contribution in [0.5, 0.6) is 0 Å². The molecule has 74 valence electrons. The van der Waals surface area contributed by atoms with E-state index in [1.165, 1.54) is 0 Å². The third kappa shape index (κ3) is 1.07. The number of H-pyrrole nitrogens is 1. The predicted molar refractivity (Wildman–Crippen MR) is 60.0 cm³/mol. The summed E-state index contributed by atoms with van der Waals surface area (Å²) in [5.74, 6) is -0.480. The highest BCUT2D eigenvalue weighted by Gasteiger charge is 2.12. The Bertz CT molecular complexity index is 667. The van der Waals surface area contributed by atoms with Crippen LogP contribution in [0.3, 0.4) is 0 Å².